The second-order valence-electron chi connectivity index (χ2n) is 4.57. The normalized spacial score (nSPS) is 11.2. The molecule has 0 bridgehead atoms. The molecule has 0 amide bonds. The van der Waals surface area contributed by atoms with Gasteiger partial charge in [0, 0.05) is 23.5 Å². The molecule has 1 aromatic heterocycles. The van der Waals surface area contributed by atoms with Gasteiger partial charge in [-0.15, -0.1) is 11.3 Å². The first kappa shape index (κ1) is 12.4. The van der Waals surface area contributed by atoms with E-state index < -0.39 is 0 Å². The number of benzene rings is 1. The molecule has 17 heavy (non-hydrogen) atoms. The third-order valence-electron chi connectivity index (χ3n) is 2.48. The predicted molar refractivity (Wildman–Crippen MR) is 76.0 cm³/mol. The molecule has 3 heteroatoms. The zero-order valence-electron chi connectivity index (χ0n) is 10.4. The SMILES string of the molecule is CC(C)COCCNc1ccc2sccc2c1. The van der Waals surface area contributed by atoms with E-state index in [0.29, 0.717) is 5.92 Å². The second kappa shape index (κ2) is 6.03. The number of hydrogen-bond donors (Lipinski definition) is 1. The third-order valence-corrected chi connectivity index (χ3v) is 3.38. The standard InChI is InChI=1S/C14H19NOS/c1-11(2)10-16-7-6-15-13-3-4-14-12(9-13)5-8-17-14/h3-5,8-9,11,15H,6-7,10H2,1-2H3. The zero-order valence-corrected chi connectivity index (χ0v) is 11.2. The Kier molecular flexibility index (Phi) is 4.40. The number of rotatable bonds is 6. The fraction of sp³-hybridized carbons (Fsp3) is 0.429. The van der Waals surface area contributed by atoms with Gasteiger partial charge in [-0.2, -0.15) is 0 Å². The van der Waals surface area contributed by atoms with Crippen LogP contribution in [0.1, 0.15) is 13.8 Å². The van der Waals surface area contributed by atoms with E-state index in [2.05, 4.69) is 48.8 Å². The van der Waals surface area contributed by atoms with Crippen LogP contribution in [0.15, 0.2) is 29.6 Å². The van der Waals surface area contributed by atoms with Gasteiger partial charge in [-0.3, -0.25) is 0 Å². The lowest BCUT2D eigenvalue weighted by molar-refractivity contribution is 0.118. The summed E-state index contributed by atoms with van der Waals surface area (Å²) in [5.74, 6) is 0.608. The number of fused-ring (bicyclic) bond motifs is 1. The van der Waals surface area contributed by atoms with E-state index >= 15 is 0 Å². The fourth-order valence-electron chi connectivity index (χ4n) is 1.66. The van der Waals surface area contributed by atoms with Crippen LogP contribution < -0.4 is 5.32 Å². The largest absolute Gasteiger partial charge is 0.383 e. The number of hydrogen-bond acceptors (Lipinski definition) is 3. The first-order valence-corrected chi connectivity index (χ1v) is 6.92. The third kappa shape index (κ3) is 3.72. The lowest BCUT2D eigenvalue weighted by Crippen LogP contribution is -2.11. The molecule has 0 fully saturated rings. The summed E-state index contributed by atoms with van der Waals surface area (Å²) in [5.41, 5.74) is 1.17. The number of nitrogens with one attached hydrogen (secondary N) is 1. The van der Waals surface area contributed by atoms with Gasteiger partial charge in [-0.25, -0.2) is 0 Å². The van der Waals surface area contributed by atoms with Crippen molar-refractivity contribution in [1.29, 1.82) is 0 Å². The summed E-state index contributed by atoms with van der Waals surface area (Å²) < 4.78 is 6.87. The number of anilines is 1. The molecule has 0 atom stereocenters. The highest BCUT2D eigenvalue weighted by Gasteiger charge is 1.97. The molecular weight excluding hydrogens is 230 g/mol. The second-order valence-corrected chi connectivity index (χ2v) is 5.52. The summed E-state index contributed by atoms with van der Waals surface area (Å²) in [4.78, 5) is 0. The first-order valence-electron chi connectivity index (χ1n) is 6.04. The van der Waals surface area contributed by atoms with E-state index in [1.54, 1.807) is 11.3 Å². The van der Waals surface area contributed by atoms with E-state index in [4.69, 9.17) is 4.74 Å². The molecule has 0 saturated carbocycles. The van der Waals surface area contributed by atoms with Crippen LogP contribution in [-0.4, -0.2) is 19.8 Å². The van der Waals surface area contributed by atoms with Gasteiger partial charge in [0.1, 0.15) is 0 Å². The summed E-state index contributed by atoms with van der Waals surface area (Å²) in [6.07, 6.45) is 0. The smallest absolute Gasteiger partial charge is 0.0639 e. The molecule has 0 unspecified atom stereocenters. The van der Waals surface area contributed by atoms with Crippen LogP contribution in [0.2, 0.25) is 0 Å². The molecule has 92 valence electrons. The monoisotopic (exact) mass is 249 g/mol. The molecule has 2 aromatic rings. The lowest BCUT2D eigenvalue weighted by Gasteiger charge is -2.09. The average molecular weight is 249 g/mol. The summed E-state index contributed by atoms with van der Waals surface area (Å²) in [7, 11) is 0. The van der Waals surface area contributed by atoms with Crippen LogP contribution in [-0.2, 0) is 4.74 Å². The molecule has 1 heterocycles. The van der Waals surface area contributed by atoms with Crippen molar-refractivity contribution in [3.63, 3.8) is 0 Å². The van der Waals surface area contributed by atoms with Crippen LogP contribution in [0.25, 0.3) is 10.1 Å². The Labute approximate surface area is 107 Å². The van der Waals surface area contributed by atoms with Crippen molar-refractivity contribution in [2.24, 2.45) is 5.92 Å². The minimum Gasteiger partial charge on any atom is -0.383 e. The maximum atomic E-state index is 5.53. The molecule has 1 N–H and O–H groups in total. The Morgan fingerprint density at radius 2 is 2.18 bits per heavy atom. The zero-order chi connectivity index (χ0) is 12.1. The van der Waals surface area contributed by atoms with Gasteiger partial charge in [-0.1, -0.05) is 13.8 Å². The molecule has 0 radical (unpaired) electrons. The minimum absolute atomic E-state index is 0.608. The molecule has 2 nitrogen and oxygen atoms in total. The van der Waals surface area contributed by atoms with Gasteiger partial charge in [-0.05, 0) is 40.9 Å². The molecule has 0 aliphatic rings. The Bertz CT molecular complexity index is 464. The van der Waals surface area contributed by atoms with Gasteiger partial charge >= 0.3 is 0 Å². The van der Waals surface area contributed by atoms with Crippen molar-refractivity contribution in [3.05, 3.63) is 29.6 Å². The van der Waals surface area contributed by atoms with E-state index in [9.17, 15) is 0 Å². The number of ether oxygens (including phenoxy) is 1. The van der Waals surface area contributed by atoms with Crippen molar-refractivity contribution in [2.45, 2.75) is 13.8 Å². The Balaban J connectivity index is 1.78. The molecule has 0 saturated heterocycles. The van der Waals surface area contributed by atoms with Crippen molar-refractivity contribution in [2.75, 3.05) is 25.1 Å². The topological polar surface area (TPSA) is 21.3 Å². The molecule has 0 aliphatic carbocycles. The van der Waals surface area contributed by atoms with Crippen LogP contribution in [0.3, 0.4) is 0 Å². The number of thiophene rings is 1. The van der Waals surface area contributed by atoms with Crippen LogP contribution in [0.5, 0.6) is 0 Å². The van der Waals surface area contributed by atoms with Crippen molar-refractivity contribution < 1.29 is 4.74 Å². The van der Waals surface area contributed by atoms with E-state index in [1.807, 2.05) is 0 Å². The van der Waals surface area contributed by atoms with Crippen molar-refractivity contribution in [1.82, 2.24) is 0 Å². The summed E-state index contributed by atoms with van der Waals surface area (Å²) >= 11 is 1.78. The van der Waals surface area contributed by atoms with Gasteiger partial charge in [0.05, 0.1) is 6.61 Å². The maximum absolute atomic E-state index is 5.53. The highest BCUT2D eigenvalue weighted by atomic mass is 32.1. The lowest BCUT2D eigenvalue weighted by atomic mass is 10.2. The van der Waals surface area contributed by atoms with E-state index in [1.165, 1.54) is 15.8 Å². The van der Waals surface area contributed by atoms with Gasteiger partial charge < -0.3 is 10.1 Å². The van der Waals surface area contributed by atoms with E-state index in [-0.39, 0.29) is 0 Å². The Morgan fingerprint density at radius 1 is 1.29 bits per heavy atom. The molecule has 0 spiro atoms. The van der Waals surface area contributed by atoms with Crippen LogP contribution in [0.4, 0.5) is 5.69 Å². The Morgan fingerprint density at radius 3 is 3.00 bits per heavy atom. The van der Waals surface area contributed by atoms with Crippen LogP contribution >= 0.6 is 11.3 Å². The molecule has 0 aliphatic heterocycles. The van der Waals surface area contributed by atoms with Gasteiger partial charge in [0.15, 0.2) is 0 Å². The highest BCUT2D eigenvalue weighted by molar-refractivity contribution is 7.17. The van der Waals surface area contributed by atoms with Crippen molar-refractivity contribution in [3.8, 4) is 0 Å². The first-order chi connectivity index (χ1) is 8.25. The molecular formula is C14H19NOS. The summed E-state index contributed by atoms with van der Waals surface area (Å²) in [5, 5.41) is 6.81. The Hall–Kier alpha value is -1.06. The predicted octanol–water partition coefficient (Wildman–Crippen LogP) is 3.99. The average Bonchev–Trinajstić information content (AvgIpc) is 2.75. The van der Waals surface area contributed by atoms with Gasteiger partial charge in [0.25, 0.3) is 0 Å². The van der Waals surface area contributed by atoms with Gasteiger partial charge in [0.2, 0.25) is 0 Å². The van der Waals surface area contributed by atoms with Crippen molar-refractivity contribution >= 4 is 27.1 Å². The minimum atomic E-state index is 0.608. The summed E-state index contributed by atoms with van der Waals surface area (Å²) in [6.45, 7) is 6.79. The summed E-state index contributed by atoms with van der Waals surface area (Å²) in [6, 6.07) is 8.63. The van der Waals surface area contributed by atoms with Crippen LogP contribution in [0, 0.1) is 5.92 Å². The quantitative estimate of drug-likeness (QED) is 0.782. The fourth-order valence-corrected chi connectivity index (χ4v) is 2.43. The molecule has 1 aromatic carbocycles. The highest BCUT2D eigenvalue weighted by Crippen LogP contribution is 2.23. The molecule has 2 rings (SSSR count). The maximum Gasteiger partial charge on any atom is 0.0639 e. The van der Waals surface area contributed by atoms with E-state index in [0.717, 1.165) is 19.8 Å².